The van der Waals surface area contributed by atoms with Gasteiger partial charge in [-0.15, -0.1) is 6.58 Å². The summed E-state index contributed by atoms with van der Waals surface area (Å²) in [6, 6.07) is 8.56. The SMILES string of the molecule is C=CCN1C(=O)c2ccc(C(=O)NCc3ccc(OC(F)F)c(OC)c3)cc2C1=O. The summed E-state index contributed by atoms with van der Waals surface area (Å²) in [4.78, 5) is 38.1. The fourth-order valence-corrected chi connectivity index (χ4v) is 3.03. The first kappa shape index (κ1) is 21.0. The van der Waals surface area contributed by atoms with Crippen LogP contribution in [0.15, 0.2) is 49.1 Å². The van der Waals surface area contributed by atoms with Crippen LogP contribution in [-0.2, 0) is 6.54 Å². The van der Waals surface area contributed by atoms with E-state index in [4.69, 9.17) is 4.74 Å². The van der Waals surface area contributed by atoms with Gasteiger partial charge in [0.05, 0.1) is 18.2 Å². The molecular formula is C21H18F2N2O5. The highest BCUT2D eigenvalue weighted by Gasteiger charge is 2.35. The van der Waals surface area contributed by atoms with Crippen molar-refractivity contribution in [2.24, 2.45) is 0 Å². The van der Waals surface area contributed by atoms with Crippen molar-refractivity contribution in [2.45, 2.75) is 13.2 Å². The molecule has 30 heavy (non-hydrogen) atoms. The molecule has 3 rings (SSSR count). The number of nitrogens with zero attached hydrogens (tertiary/aromatic N) is 1. The van der Waals surface area contributed by atoms with E-state index in [0.717, 1.165) is 4.90 Å². The van der Waals surface area contributed by atoms with E-state index in [-0.39, 0.29) is 41.3 Å². The smallest absolute Gasteiger partial charge is 0.387 e. The molecule has 9 heteroatoms. The Hall–Kier alpha value is -3.75. The first-order valence-corrected chi connectivity index (χ1v) is 8.86. The van der Waals surface area contributed by atoms with Crippen molar-refractivity contribution in [3.8, 4) is 11.5 Å². The Morgan fingerprint density at radius 1 is 1.13 bits per heavy atom. The van der Waals surface area contributed by atoms with Crippen LogP contribution in [0.5, 0.6) is 11.5 Å². The summed E-state index contributed by atoms with van der Waals surface area (Å²) in [5.41, 5.74) is 1.19. The minimum absolute atomic E-state index is 0.0801. The molecule has 0 spiro atoms. The van der Waals surface area contributed by atoms with E-state index >= 15 is 0 Å². The monoisotopic (exact) mass is 416 g/mol. The van der Waals surface area contributed by atoms with Crippen molar-refractivity contribution in [1.29, 1.82) is 0 Å². The van der Waals surface area contributed by atoms with Crippen molar-refractivity contribution in [3.63, 3.8) is 0 Å². The molecule has 0 unspecified atom stereocenters. The van der Waals surface area contributed by atoms with Gasteiger partial charge in [0.15, 0.2) is 11.5 Å². The standard InChI is InChI=1S/C21H18F2N2O5/c1-3-8-25-19(27)14-6-5-13(10-15(14)20(25)28)18(26)24-11-12-4-7-16(30-21(22)23)17(9-12)29-2/h3-7,9-10,21H,1,8,11H2,2H3,(H,24,26). The Morgan fingerprint density at radius 2 is 1.87 bits per heavy atom. The normalized spacial score (nSPS) is 12.7. The Kier molecular flexibility index (Phi) is 6.10. The minimum Gasteiger partial charge on any atom is -0.493 e. The second-order valence-corrected chi connectivity index (χ2v) is 6.32. The van der Waals surface area contributed by atoms with E-state index in [0.29, 0.717) is 5.56 Å². The molecule has 0 saturated heterocycles. The molecule has 0 fully saturated rings. The third-order valence-corrected chi connectivity index (χ3v) is 4.44. The van der Waals surface area contributed by atoms with Gasteiger partial charge in [0.25, 0.3) is 17.7 Å². The fraction of sp³-hybridized carbons (Fsp3) is 0.190. The maximum Gasteiger partial charge on any atom is 0.387 e. The van der Waals surface area contributed by atoms with Gasteiger partial charge >= 0.3 is 6.61 Å². The molecule has 156 valence electrons. The van der Waals surface area contributed by atoms with Gasteiger partial charge < -0.3 is 14.8 Å². The lowest BCUT2D eigenvalue weighted by molar-refractivity contribution is -0.0512. The lowest BCUT2D eigenvalue weighted by Gasteiger charge is -2.12. The van der Waals surface area contributed by atoms with E-state index in [2.05, 4.69) is 16.6 Å². The number of ether oxygens (including phenoxy) is 2. The molecule has 0 radical (unpaired) electrons. The van der Waals surface area contributed by atoms with Crippen LogP contribution in [0.3, 0.4) is 0 Å². The average molecular weight is 416 g/mol. The minimum atomic E-state index is -2.98. The van der Waals surface area contributed by atoms with Crippen LogP contribution in [0.2, 0.25) is 0 Å². The highest BCUT2D eigenvalue weighted by atomic mass is 19.3. The third-order valence-electron chi connectivity index (χ3n) is 4.44. The molecule has 3 amide bonds. The van der Waals surface area contributed by atoms with Crippen LogP contribution in [0, 0.1) is 0 Å². The van der Waals surface area contributed by atoms with Crippen LogP contribution in [-0.4, -0.2) is 42.9 Å². The quantitative estimate of drug-likeness (QED) is 0.528. The molecule has 0 aliphatic carbocycles. The summed E-state index contributed by atoms with van der Waals surface area (Å²) in [6.07, 6.45) is 1.45. The summed E-state index contributed by atoms with van der Waals surface area (Å²) in [6.45, 7) is 0.702. The summed E-state index contributed by atoms with van der Waals surface area (Å²) in [5.74, 6) is -1.39. The van der Waals surface area contributed by atoms with Gasteiger partial charge in [-0.25, -0.2) is 0 Å². The zero-order chi connectivity index (χ0) is 21.8. The molecule has 1 N–H and O–H groups in total. The zero-order valence-electron chi connectivity index (χ0n) is 16.0. The third kappa shape index (κ3) is 4.14. The number of carbonyl (C=O) groups excluding carboxylic acids is 3. The molecule has 1 aliphatic rings. The fourth-order valence-electron chi connectivity index (χ4n) is 3.03. The highest BCUT2D eigenvalue weighted by molar-refractivity contribution is 6.22. The maximum absolute atomic E-state index is 12.5. The summed E-state index contributed by atoms with van der Waals surface area (Å²) < 4.78 is 34.2. The van der Waals surface area contributed by atoms with Gasteiger partial charge in [0.1, 0.15) is 0 Å². The van der Waals surface area contributed by atoms with Crippen LogP contribution in [0.1, 0.15) is 36.6 Å². The molecule has 1 heterocycles. The molecule has 0 saturated carbocycles. The summed E-state index contributed by atoms with van der Waals surface area (Å²) >= 11 is 0. The van der Waals surface area contributed by atoms with E-state index < -0.39 is 24.3 Å². The number of halogens is 2. The molecule has 2 aromatic rings. The van der Waals surface area contributed by atoms with Crippen molar-refractivity contribution in [3.05, 3.63) is 71.3 Å². The predicted octanol–water partition coefficient (Wildman–Crippen LogP) is 3.01. The molecule has 2 aromatic carbocycles. The Morgan fingerprint density at radius 3 is 2.53 bits per heavy atom. The molecule has 0 bridgehead atoms. The molecule has 7 nitrogen and oxygen atoms in total. The number of nitrogens with one attached hydrogen (secondary N) is 1. The van der Waals surface area contributed by atoms with E-state index in [1.165, 1.54) is 49.6 Å². The second kappa shape index (κ2) is 8.73. The van der Waals surface area contributed by atoms with Gasteiger partial charge in [-0.05, 0) is 35.9 Å². The molecule has 0 atom stereocenters. The highest BCUT2D eigenvalue weighted by Crippen LogP contribution is 2.29. The molecule has 0 aromatic heterocycles. The zero-order valence-corrected chi connectivity index (χ0v) is 16.0. The lowest BCUT2D eigenvalue weighted by atomic mass is 10.1. The number of hydrogen-bond donors (Lipinski definition) is 1. The van der Waals surface area contributed by atoms with Crippen molar-refractivity contribution < 1.29 is 32.6 Å². The first-order valence-electron chi connectivity index (χ1n) is 8.86. The molecule has 1 aliphatic heterocycles. The van der Waals surface area contributed by atoms with Gasteiger partial charge in [0.2, 0.25) is 0 Å². The maximum atomic E-state index is 12.5. The number of imide groups is 1. The predicted molar refractivity (Wildman–Crippen MR) is 103 cm³/mol. The number of hydrogen-bond acceptors (Lipinski definition) is 5. The van der Waals surface area contributed by atoms with E-state index in [9.17, 15) is 23.2 Å². The largest absolute Gasteiger partial charge is 0.493 e. The number of alkyl halides is 2. The van der Waals surface area contributed by atoms with Crippen LogP contribution in [0.4, 0.5) is 8.78 Å². The second-order valence-electron chi connectivity index (χ2n) is 6.32. The molecular weight excluding hydrogens is 398 g/mol. The lowest BCUT2D eigenvalue weighted by Crippen LogP contribution is -2.29. The summed E-state index contributed by atoms with van der Waals surface area (Å²) in [7, 11) is 1.31. The van der Waals surface area contributed by atoms with Crippen LogP contribution >= 0.6 is 0 Å². The first-order chi connectivity index (χ1) is 14.3. The van der Waals surface area contributed by atoms with Gasteiger partial charge in [-0.2, -0.15) is 8.78 Å². The van der Waals surface area contributed by atoms with Gasteiger partial charge in [-0.3, -0.25) is 19.3 Å². The Labute approximate surface area is 170 Å². The number of fused-ring (bicyclic) bond motifs is 1. The number of rotatable bonds is 8. The van der Waals surface area contributed by atoms with Crippen molar-refractivity contribution in [2.75, 3.05) is 13.7 Å². The number of methoxy groups -OCH3 is 1. The van der Waals surface area contributed by atoms with Gasteiger partial charge in [-0.1, -0.05) is 12.1 Å². The number of carbonyl (C=O) groups is 3. The Bertz CT molecular complexity index is 1020. The van der Waals surface area contributed by atoms with Crippen molar-refractivity contribution >= 4 is 17.7 Å². The average Bonchev–Trinajstić information content (AvgIpc) is 2.97. The van der Waals surface area contributed by atoms with Crippen LogP contribution in [0.25, 0.3) is 0 Å². The topological polar surface area (TPSA) is 84.9 Å². The van der Waals surface area contributed by atoms with Gasteiger partial charge in [0, 0.05) is 18.7 Å². The number of benzene rings is 2. The van der Waals surface area contributed by atoms with Crippen molar-refractivity contribution in [1.82, 2.24) is 10.2 Å². The summed E-state index contributed by atoms with van der Waals surface area (Å²) in [5, 5.41) is 2.67. The van der Waals surface area contributed by atoms with E-state index in [1.54, 1.807) is 0 Å². The van der Waals surface area contributed by atoms with Crippen LogP contribution < -0.4 is 14.8 Å². The van der Waals surface area contributed by atoms with E-state index in [1.807, 2.05) is 0 Å². The Balaban J connectivity index is 1.72. The number of amides is 3.